The SMILES string of the molecule is N#Cc1ccc(NCc2cccc3cccnc23)c(N)c1. The molecule has 4 heteroatoms. The molecule has 0 saturated heterocycles. The highest BCUT2D eigenvalue weighted by atomic mass is 14.9. The van der Waals surface area contributed by atoms with Gasteiger partial charge in [-0.2, -0.15) is 5.26 Å². The molecule has 21 heavy (non-hydrogen) atoms. The summed E-state index contributed by atoms with van der Waals surface area (Å²) < 4.78 is 0. The molecule has 2 aromatic carbocycles. The summed E-state index contributed by atoms with van der Waals surface area (Å²) in [7, 11) is 0. The molecule has 0 aliphatic rings. The van der Waals surface area contributed by atoms with E-state index in [4.69, 9.17) is 11.0 Å². The van der Waals surface area contributed by atoms with Crippen molar-refractivity contribution in [3.63, 3.8) is 0 Å². The highest BCUT2D eigenvalue weighted by Crippen LogP contribution is 2.22. The first-order valence-corrected chi connectivity index (χ1v) is 6.64. The second-order valence-electron chi connectivity index (χ2n) is 4.76. The van der Waals surface area contributed by atoms with E-state index < -0.39 is 0 Å². The van der Waals surface area contributed by atoms with E-state index in [-0.39, 0.29) is 0 Å². The van der Waals surface area contributed by atoms with Gasteiger partial charge in [0.1, 0.15) is 0 Å². The molecule has 102 valence electrons. The Morgan fingerprint density at radius 3 is 2.81 bits per heavy atom. The molecule has 0 bridgehead atoms. The van der Waals surface area contributed by atoms with Crippen molar-refractivity contribution >= 4 is 22.3 Å². The lowest BCUT2D eigenvalue weighted by atomic mass is 10.1. The molecule has 3 aromatic rings. The van der Waals surface area contributed by atoms with Crippen LogP contribution >= 0.6 is 0 Å². The van der Waals surface area contributed by atoms with Gasteiger partial charge in [-0.25, -0.2) is 0 Å². The number of hydrogen-bond acceptors (Lipinski definition) is 4. The van der Waals surface area contributed by atoms with Crippen LogP contribution in [0, 0.1) is 11.3 Å². The van der Waals surface area contributed by atoms with E-state index in [1.54, 1.807) is 18.3 Å². The van der Waals surface area contributed by atoms with Crippen LogP contribution < -0.4 is 11.1 Å². The van der Waals surface area contributed by atoms with Crippen LogP contribution in [0.3, 0.4) is 0 Å². The van der Waals surface area contributed by atoms with Crippen molar-refractivity contribution in [2.45, 2.75) is 6.54 Å². The summed E-state index contributed by atoms with van der Waals surface area (Å²) in [6.45, 7) is 0.629. The Morgan fingerprint density at radius 1 is 1.14 bits per heavy atom. The van der Waals surface area contributed by atoms with E-state index in [9.17, 15) is 0 Å². The normalized spacial score (nSPS) is 10.2. The second kappa shape index (κ2) is 5.51. The van der Waals surface area contributed by atoms with Crippen molar-refractivity contribution in [1.82, 2.24) is 4.98 Å². The van der Waals surface area contributed by atoms with Gasteiger partial charge in [0.15, 0.2) is 0 Å². The maximum Gasteiger partial charge on any atom is 0.0992 e. The van der Waals surface area contributed by atoms with Gasteiger partial charge in [0.2, 0.25) is 0 Å². The molecule has 0 saturated carbocycles. The molecule has 0 atom stereocenters. The Balaban J connectivity index is 1.86. The number of nitrogens with two attached hydrogens (primary N) is 1. The van der Waals surface area contributed by atoms with Crippen molar-refractivity contribution in [3.05, 3.63) is 65.9 Å². The Labute approximate surface area is 122 Å². The van der Waals surface area contributed by atoms with Crippen molar-refractivity contribution in [2.75, 3.05) is 11.1 Å². The number of nitrogens with one attached hydrogen (secondary N) is 1. The number of nitriles is 1. The molecule has 0 aliphatic heterocycles. The summed E-state index contributed by atoms with van der Waals surface area (Å²) in [4.78, 5) is 4.43. The van der Waals surface area contributed by atoms with Gasteiger partial charge in [0, 0.05) is 18.1 Å². The third-order valence-corrected chi connectivity index (χ3v) is 3.37. The van der Waals surface area contributed by atoms with E-state index in [0.29, 0.717) is 17.8 Å². The fourth-order valence-corrected chi connectivity index (χ4v) is 2.29. The second-order valence-corrected chi connectivity index (χ2v) is 4.76. The maximum atomic E-state index is 8.84. The molecule has 1 heterocycles. The highest BCUT2D eigenvalue weighted by Gasteiger charge is 2.04. The van der Waals surface area contributed by atoms with Gasteiger partial charge in [-0.1, -0.05) is 24.3 Å². The zero-order valence-corrected chi connectivity index (χ0v) is 11.4. The van der Waals surface area contributed by atoms with Crippen LogP contribution in [-0.4, -0.2) is 4.98 Å². The van der Waals surface area contributed by atoms with Crippen molar-refractivity contribution in [1.29, 1.82) is 5.26 Å². The van der Waals surface area contributed by atoms with Crippen LogP contribution in [0.25, 0.3) is 10.9 Å². The minimum Gasteiger partial charge on any atom is -0.397 e. The third kappa shape index (κ3) is 2.63. The first kappa shape index (κ1) is 12.9. The Morgan fingerprint density at radius 2 is 2.00 bits per heavy atom. The zero-order chi connectivity index (χ0) is 14.7. The van der Waals surface area contributed by atoms with Crippen LogP contribution in [0.1, 0.15) is 11.1 Å². The average molecular weight is 274 g/mol. The molecule has 0 aliphatic carbocycles. The minimum atomic E-state index is 0.560. The zero-order valence-electron chi connectivity index (χ0n) is 11.4. The molecular weight excluding hydrogens is 260 g/mol. The highest BCUT2D eigenvalue weighted by molar-refractivity contribution is 5.82. The number of pyridine rings is 1. The Bertz CT molecular complexity index is 828. The lowest BCUT2D eigenvalue weighted by Gasteiger charge is -2.11. The van der Waals surface area contributed by atoms with Gasteiger partial charge in [0.25, 0.3) is 0 Å². The van der Waals surface area contributed by atoms with Crippen molar-refractivity contribution < 1.29 is 0 Å². The van der Waals surface area contributed by atoms with Gasteiger partial charge in [-0.05, 0) is 29.8 Å². The number of nitrogen functional groups attached to an aromatic ring is 1. The smallest absolute Gasteiger partial charge is 0.0992 e. The quantitative estimate of drug-likeness (QED) is 0.718. The summed E-state index contributed by atoms with van der Waals surface area (Å²) in [6.07, 6.45) is 1.79. The fraction of sp³-hybridized carbons (Fsp3) is 0.0588. The summed E-state index contributed by atoms with van der Waals surface area (Å²) in [5.41, 5.74) is 9.99. The summed E-state index contributed by atoms with van der Waals surface area (Å²) in [6, 6.07) is 17.4. The number of nitrogens with zero attached hydrogens (tertiary/aromatic N) is 2. The molecule has 0 radical (unpaired) electrons. The summed E-state index contributed by atoms with van der Waals surface area (Å²) in [5.74, 6) is 0. The molecular formula is C17H14N4. The molecule has 4 nitrogen and oxygen atoms in total. The number of para-hydroxylation sites is 1. The number of anilines is 2. The predicted octanol–water partition coefficient (Wildman–Crippen LogP) is 3.30. The lowest BCUT2D eigenvalue weighted by molar-refractivity contribution is 1.15. The summed E-state index contributed by atoms with van der Waals surface area (Å²) >= 11 is 0. The van der Waals surface area contributed by atoms with Crippen LogP contribution in [0.4, 0.5) is 11.4 Å². The molecule has 3 rings (SSSR count). The van der Waals surface area contributed by atoms with Gasteiger partial charge >= 0.3 is 0 Å². The monoisotopic (exact) mass is 274 g/mol. The number of hydrogen-bond donors (Lipinski definition) is 2. The largest absolute Gasteiger partial charge is 0.397 e. The van der Waals surface area contributed by atoms with Gasteiger partial charge < -0.3 is 11.1 Å². The predicted molar refractivity (Wildman–Crippen MR) is 84.6 cm³/mol. The number of benzene rings is 2. The molecule has 1 aromatic heterocycles. The Hall–Kier alpha value is -3.06. The van der Waals surface area contributed by atoms with Crippen molar-refractivity contribution in [2.24, 2.45) is 0 Å². The average Bonchev–Trinajstić information content (AvgIpc) is 2.53. The molecule has 0 unspecified atom stereocenters. The molecule has 3 N–H and O–H groups in total. The molecule has 0 fully saturated rings. The van der Waals surface area contributed by atoms with E-state index in [1.165, 1.54) is 0 Å². The Kier molecular flexibility index (Phi) is 3.40. The van der Waals surface area contributed by atoms with E-state index in [2.05, 4.69) is 16.4 Å². The maximum absolute atomic E-state index is 8.84. The van der Waals surface area contributed by atoms with E-state index in [1.807, 2.05) is 36.4 Å². The third-order valence-electron chi connectivity index (χ3n) is 3.37. The standard InChI is InChI=1S/C17H14N4/c18-10-12-6-7-16(15(19)9-12)21-11-14-4-1-3-13-5-2-8-20-17(13)14/h1-9,21H,11,19H2. The van der Waals surface area contributed by atoms with Crippen LogP contribution in [-0.2, 0) is 6.54 Å². The van der Waals surface area contributed by atoms with Crippen molar-refractivity contribution in [3.8, 4) is 6.07 Å². The fourth-order valence-electron chi connectivity index (χ4n) is 2.29. The number of fused-ring (bicyclic) bond motifs is 1. The topological polar surface area (TPSA) is 74.7 Å². The summed E-state index contributed by atoms with van der Waals surface area (Å²) in [5, 5.41) is 13.3. The number of rotatable bonds is 3. The van der Waals surface area contributed by atoms with Gasteiger partial charge in [0.05, 0.1) is 28.5 Å². The first-order chi connectivity index (χ1) is 10.3. The van der Waals surface area contributed by atoms with E-state index >= 15 is 0 Å². The van der Waals surface area contributed by atoms with Gasteiger partial charge in [-0.3, -0.25) is 4.98 Å². The molecule has 0 amide bonds. The van der Waals surface area contributed by atoms with E-state index in [0.717, 1.165) is 22.2 Å². The first-order valence-electron chi connectivity index (χ1n) is 6.64. The van der Waals surface area contributed by atoms with Crippen LogP contribution in [0.15, 0.2) is 54.7 Å². The van der Waals surface area contributed by atoms with Crippen LogP contribution in [0.2, 0.25) is 0 Å². The van der Waals surface area contributed by atoms with Gasteiger partial charge in [-0.15, -0.1) is 0 Å². The number of aromatic nitrogens is 1. The molecule has 0 spiro atoms. The van der Waals surface area contributed by atoms with Crippen LogP contribution in [0.5, 0.6) is 0 Å². The minimum absolute atomic E-state index is 0.560. The lowest BCUT2D eigenvalue weighted by Crippen LogP contribution is -2.03.